The SMILES string of the molecule is CC(C)OP(C)(=O)F.C[C@H]1C(=O)[C@H](O)C[C@@H]2[C@]1(C)CC[C@H]1[C@@]2(C)CC[C@@]2(C)[C@@H]3CC(C)(C)CC[C@]3(C)CC[C@]12C. The molecule has 1 N–H and O–H groups in total. The zero-order valence-corrected chi connectivity index (χ0v) is 28.4. The molecule has 0 radical (unpaired) electrons. The van der Waals surface area contributed by atoms with Crippen LogP contribution >= 0.6 is 7.68 Å². The molecule has 40 heavy (non-hydrogen) atoms. The summed E-state index contributed by atoms with van der Waals surface area (Å²) in [5.41, 5.74) is 2.07. The van der Waals surface area contributed by atoms with Crippen molar-refractivity contribution in [3.05, 3.63) is 0 Å². The molecule has 0 bridgehead atoms. The molecule has 0 heterocycles. The molecule has 5 aliphatic rings. The maximum atomic E-state index is 12.8. The van der Waals surface area contributed by atoms with E-state index < -0.39 is 13.8 Å². The Bertz CT molecular complexity index is 1040. The molecule has 0 aliphatic heterocycles. The van der Waals surface area contributed by atoms with Gasteiger partial charge in [-0.15, -0.1) is 0 Å². The Kier molecular flexibility index (Phi) is 8.29. The van der Waals surface area contributed by atoms with Crippen LogP contribution in [0.4, 0.5) is 4.20 Å². The molecule has 4 nitrogen and oxygen atoms in total. The molecule has 5 fully saturated rings. The van der Waals surface area contributed by atoms with Gasteiger partial charge in [0.2, 0.25) is 0 Å². The lowest BCUT2D eigenvalue weighted by atomic mass is 9.30. The second kappa shape index (κ2) is 10.2. The van der Waals surface area contributed by atoms with Gasteiger partial charge in [0, 0.05) is 12.6 Å². The van der Waals surface area contributed by atoms with E-state index in [1.807, 2.05) is 0 Å². The van der Waals surface area contributed by atoms with Gasteiger partial charge in [-0.25, -0.2) is 0 Å². The number of ketones is 1. The van der Waals surface area contributed by atoms with Crippen LogP contribution in [0.25, 0.3) is 0 Å². The van der Waals surface area contributed by atoms with Gasteiger partial charge in [0.1, 0.15) is 6.10 Å². The summed E-state index contributed by atoms with van der Waals surface area (Å²) in [6.45, 7) is 24.4. The molecular weight excluding hydrogens is 522 g/mol. The number of halogens is 1. The standard InChI is InChI=1S/C30H50O2.C4H10FO2P/c1-19-24(32)20(31)17-22-27(19,5)10-9-21-28(22,6)14-16-30(8)23-18-25(2,3)11-12-26(23,4)13-15-29(21,30)7;1-4(2)7-8(3,5)6/h19-23,31H,9-18H2,1-8H3;4H,1-3H3/t19-,20+,21-,22+,23+,26+,27+,28+,29+,30-;/m0./s1. The zero-order valence-electron chi connectivity index (χ0n) is 27.5. The van der Waals surface area contributed by atoms with Crippen LogP contribution in [-0.2, 0) is 13.9 Å². The number of aliphatic hydroxyl groups excluding tert-OH is 1. The Morgan fingerprint density at radius 3 is 1.95 bits per heavy atom. The highest BCUT2D eigenvalue weighted by Gasteiger charge is 2.71. The van der Waals surface area contributed by atoms with E-state index in [0.29, 0.717) is 39.9 Å². The van der Waals surface area contributed by atoms with Crippen LogP contribution in [0.5, 0.6) is 0 Å². The van der Waals surface area contributed by atoms with Crippen molar-refractivity contribution in [2.75, 3.05) is 6.66 Å². The fourth-order valence-corrected chi connectivity index (χ4v) is 12.3. The predicted molar refractivity (Wildman–Crippen MR) is 162 cm³/mol. The van der Waals surface area contributed by atoms with E-state index in [1.54, 1.807) is 13.8 Å². The molecule has 0 aromatic rings. The normalized spacial score (nSPS) is 51.2. The fourth-order valence-electron chi connectivity index (χ4n) is 11.5. The average Bonchev–Trinajstić information content (AvgIpc) is 2.81. The first-order chi connectivity index (χ1) is 18.0. The third-order valence-corrected chi connectivity index (χ3v) is 15.0. The first kappa shape index (κ1) is 32.7. The van der Waals surface area contributed by atoms with Crippen LogP contribution in [0.2, 0.25) is 0 Å². The zero-order chi connectivity index (χ0) is 30.3. The maximum absolute atomic E-state index is 12.8. The van der Waals surface area contributed by atoms with E-state index in [9.17, 15) is 18.7 Å². The number of Topliss-reactive ketones (excluding diaryl/α,β-unsaturated/α-hetero) is 1. The van der Waals surface area contributed by atoms with E-state index in [2.05, 4.69) is 59.9 Å². The Balaban J connectivity index is 0.000000406. The minimum atomic E-state index is -3.72. The Labute approximate surface area is 244 Å². The molecule has 6 heteroatoms. The van der Waals surface area contributed by atoms with Gasteiger partial charge < -0.3 is 9.63 Å². The van der Waals surface area contributed by atoms with E-state index in [4.69, 9.17) is 0 Å². The van der Waals surface area contributed by atoms with Crippen LogP contribution in [0.1, 0.15) is 133 Å². The molecule has 0 saturated heterocycles. The number of hydrogen-bond donors (Lipinski definition) is 1. The minimum Gasteiger partial charge on any atom is -0.385 e. The van der Waals surface area contributed by atoms with Gasteiger partial charge in [0.15, 0.2) is 5.78 Å². The average molecular weight is 583 g/mol. The summed E-state index contributed by atoms with van der Waals surface area (Å²) in [5, 5.41) is 10.7. The van der Waals surface area contributed by atoms with Crippen molar-refractivity contribution in [1.29, 1.82) is 0 Å². The molecule has 0 amide bonds. The molecule has 0 aromatic carbocycles. The fraction of sp³-hybridized carbons (Fsp3) is 0.971. The van der Waals surface area contributed by atoms with Crippen molar-refractivity contribution in [3.8, 4) is 0 Å². The van der Waals surface area contributed by atoms with Gasteiger partial charge in [-0.1, -0.05) is 55.4 Å². The number of rotatable bonds is 2. The van der Waals surface area contributed by atoms with Crippen LogP contribution in [0.15, 0.2) is 0 Å². The van der Waals surface area contributed by atoms with Crippen molar-refractivity contribution in [3.63, 3.8) is 0 Å². The molecule has 5 saturated carbocycles. The molecule has 0 aromatic heterocycles. The summed E-state index contributed by atoms with van der Waals surface area (Å²) < 4.78 is 26.4. The van der Waals surface area contributed by atoms with Gasteiger partial charge in [-0.2, -0.15) is 4.20 Å². The van der Waals surface area contributed by atoms with Crippen molar-refractivity contribution in [2.24, 2.45) is 56.2 Å². The first-order valence-electron chi connectivity index (χ1n) is 16.2. The molecule has 5 aliphatic carbocycles. The van der Waals surface area contributed by atoms with E-state index in [0.717, 1.165) is 19.0 Å². The Morgan fingerprint density at radius 1 is 0.850 bits per heavy atom. The highest BCUT2D eigenvalue weighted by molar-refractivity contribution is 7.52. The van der Waals surface area contributed by atoms with Crippen molar-refractivity contribution < 1.29 is 23.2 Å². The minimum absolute atomic E-state index is 0.0102. The predicted octanol–water partition coefficient (Wildman–Crippen LogP) is 9.63. The summed E-state index contributed by atoms with van der Waals surface area (Å²) in [7, 11) is -3.72. The Hall–Kier alpha value is -0.250. The lowest BCUT2D eigenvalue weighted by Gasteiger charge is -2.75. The lowest BCUT2D eigenvalue weighted by molar-refractivity contribution is -0.259. The van der Waals surface area contributed by atoms with E-state index in [1.165, 1.54) is 51.4 Å². The third kappa shape index (κ3) is 5.12. The van der Waals surface area contributed by atoms with Crippen LogP contribution in [-0.4, -0.2) is 29.8 Å². The summed E-state index contributed by atoms with van der Waals surface area (Å²) in [5.74, 6) is 2.11. The topological polar surface area (TPSA) is 63.6 Å². The number of carbonyl (C=O) groups is 1. The second-order valence-electron chi connectivity index (χ2n) is 17.3. The molecule has 11 atom stereocenters. The number of fused-ring (bicyclic) bond motifs is 7. The first-order valence-corrected chi connectivity index (χ1v) is 18.2. The van der Waals surface area contributed by atoms with Crippen molar-refractivity contribution in [1.82, 2.24) is 0 Å². The summed E-state index contributed by atoms with van der Waals surface area (Å²) in [4.78, 5) is 12.8. The molecule has 0 spiro atoms. The van der Waals surface area contributed by atoms with Crippen molar-refractivity contribution in [2.45, 2.75) is 146 Å². The third-order valence-electron chi connectivity index (χ3n) is 14.2. The number of carbonyl (C=O) groups excluding carboxylic acids is 1. The molecule has 232 valence electrons. The van der Waals surface area contributed by atoms with Crippen LogP contribution in [0, 0.1) is 56.2 Å². The number of aliphatic hydroxyl groups is 1. The van der Waals surface area contributed by atoms with Crippen LogP contribution < -0.4 is 0 Å². The van der Waals surface area contributed by atoms with Gasteiger partial charge in [0.25, 0.3) is 0 Å². The highest BCUT2D eigenvalue weighted by Crippen LogP contribution is 2.78. The second-order valence-corrected chi connectivity index (χ2v) is 19.0. The van der Waals surface area contributed by atoms with E-state index >= 15 is 0 Å². The summed E-state index contributed by atoms with van der Waals surface area (Å²) in [6, 6.07) is 0. The number of hydrogen-bond acceptors (Lipinski definition) is 4. The molecule has 5 rings (SSSR count). The van der Waals surface area contributed by atoms with Gasteiger partial charge >= 0.3 is 7.68 Å². The molecular formula is C34H60FO4P. The van der Waals surface area contributed by atoms with Crippen LogP contribution in [0.3, 0.4) is 0 Å². The quantitative estimate of drug-likeness (QED) is 0.329. The molecule has 1 unspecified atom stereocenters. The van der Waals surface area contributed by atoms with Gasteiger partial charge in [-0.3, -0.25) is 9.36 Å². The monoisotopic (exact) mass is 582 g/mol. The largest absolute Gasteiger partial charge is 0.385 e. The summed E-state index contributed by atoms with van der Waals surface area (Å²) in [6.07, 6.45) is 11.7. The Morgan fingerprint density at radius 2 is 1.40 bits per heavy atom. The smallest absolute Gasteiger partial charge is 0.364 e. The van der Waals surface area contributed by atoms with Gasteiger partial charge in [0.05, 0.1) is 6.10 Å². The van der Waals surface area contributed by atoms with E-state index in [-0.39, 0.29) is 28.6 Å². The maximum Gasteiger partial charge on any atom is 0.364 e. The summed E-state index contributed by atoms with van der Waals surface area (Å²) >= 11 is 0. The highest BCUT2D eigenvalue weighted by atomic mass is 31.2. The lowest BCUT2D eigenvalue weighted by Crippen LogP contribution is -2.68. The van der Waals surface area contributed by atoms with Crippen molar-refractivity contribution >= 4 is 13.5 Å². The van der Waals surface area contributed by atoms with Gasteiger partial charge in [-0.05, 0) is 128 Å².